The van der Waals surface area contributed by atoms with E-state index in [1.165, 1.54) is 11.6 Å². The Hall–Kier alpha value is -2.39. The zero-order valence-electron chi connectivity index (χ0n) is 21.8. The molecule has 1 aliphatic carbocycles. The van der Waals surface area contributed by atoms with Crippen LogP contribution >= 0.6 is 0 Å². The summed E-state index contributed by atoms with van der Waals surface area (Å²) in [6, 6.07) is 5.31. The van der Waals surface area contributed by atoms with Gasteiger partial charge in [0.15, 0.2) is 11.5 Å². The SMILES string of the molecule is COc1ccc(/C=C/C(=O)O[C@@H]2CC[C@]3(CO3)[C@@H]([C@]3(C)O[C@H]3CC=C(C)C)[C@@H]2OC)cc1OCCO. The van der Waals surface area contributed by atoms with Crippen LogP contribution in [-0.2, 0) is 23.7 Å². The Balaban J connectivity index is 1.43. The van der Waals surface area contributed by atoms with Crippen LogP contribution in [-0.4, -0.2) is 74.6 Å². The molecule has 0 radical (unpaired) electrons. The zero-order chi connectivity index (χ0) is 25.9. The van der Waals surface area contributed by atoms with E-state index in [0.717, 1.165) is 18.4 Å². The highest BCUT2D eigenvalue weighted by molar-refractivity contribution is 5.87. The van der Waals surface area contributed by atoms with Crippen molar-refractivity contribution >= 4 is 12.0 Å². The number of esters is 1. The van der Waals surface area contributed by atoms with E-state index < -0.39 is 12.1 Å². The summed E-state index contributed by atoms with van der Waals surface area (Å²) >= 11 is 0. The fraction of sp³-hybridized carbons (Fsp3) is 0.607. The summed E-state index contributed by atoms with van der Waals surface area (Å²) in [4.78, 5) is 12.8. The number of ether oxygens (including phenoxy) is 6. The minimum Gasteiger partial charge on any atom is -0.493 e. The van der Waals surface area contributed by atoms with Crippen LogP contribution in [0.2, 0.25) is 0 Å². The second kappa shape index (κ2) is 10.9. The van der Waals surface area contributed by atoms with Crippen molar-refractivity contribution < 1.29 is 38.3 Å². The molecule has 2 heterocycles. The summed E-state index contributed by atoms with van der Waals surface area (Å²) in [6.07, 6.45) is 6.98. The lowest BCUT2D eigenvalue weighted by Crippen LogP contribution is -2.55. The first-order chi connectivity index (χ1) is 17.3. The fourth-order valence-electron chi connectivity index (χ4n) is 5.49. The van der Waals surface area contributed by atoms with Crippen molar-refractivity contribution in [1.82, 2.24) is 0 Å². The average molecular weight is 503 g/mol. The smallest absolute Gasteiger partial charge is 0.331 e. The van der Waals surface area contributed by atoms with E-state index in [1.54, 1.807) is 32.4 Å². The van der Waals surface area contributed by atoms with E-state index in [0.29, 0.717) is 24.5 Å². The van der Waals surface area contributed by atoms with Crippen LogP contribution in [0.5, 0.6) is 11.5 Å². The molecule has 4 rings (SSSR count). The predicted octanol–water partition coefficient (Wildman–Crippen LogP) is 3.70. The first kappa shape index (κ1) is 26.7. The van der Waals surface area contributed by atoms with Crippen molar-refractivity contribution in [3.05, 3.63) is 41.5 Å². The summed E-state index contributed by atoms with van der Waals surface area (Å²) in [7, 11) is 3.21. The Morgan fingerprint density at radius 2 is 2.03 bits per heavy atom. The zero-order valence-corrected chi connectivity index (χ0v) is 21.8. The van der Waals surface area contributed by atoms with Crippen molar-refractivity contribution in [2.75, 3.05) is 34.0 Å². The third-order valence-electron chi connectivity index (χ3n) is 7.45. The lowest BCUT2D eigenvalue weighted by Gasteiger charge is -2.42. The maximum Gasteiger partial charge on any atom is 0.331 e. The normalized spacial score (nSPS) is 32.8. The molecule has 2 saturated heterocycles. The van der Waals surface area contributed by atoms with Crippen LogP contribution in [0.3, 0.4) is 0 Å². The Labute approximate surface area is 213 Å². The molecule has 1 aromatic carbocycles. The quantitative estimate of drug-likeness (QED) is 0.212. The number of aliphatic hydroxyl groups excluding tert-OH is 1. The van der Waals surface area contributed by atoms with Crippen molar-refractivity contribution in [3.63, 3.8) is 0 Å². The molecule has 1 N–H and O–H groups in total. The maximum absolute atomic E-state index is 12.8. The Morgan fingerprint density at radius 1 is 1.25 bits per heavy atom. The van der Waals surface area contributed by atoms with Gasteiger partial charge in [0.05, 0.1) is 32.3 Å². The molecular formula is C28H38O8. The van der Waals surface area contributed by atoms with Gasteiger partial charge in [0.25, 0.3) is 0 Å². The molecule has 1 spiro atoms. The van der Waals surface area contributed by atoms with Crippen LogP contribution in [0, 0.1) is 5.92 Å². The van der Waals surface area contributed by atoms with E-state index >= 15 is 0 Å². The topological polar surface area (TPSA) is 99.3 Å². The molecule has 1 aromatic rings. The summed E-state index contributed by atoms with van der Waals surface area (Å²) in [5.41, 5.74) is 1.37. The lowest BCUT2D eigenvalue weighted by molar-refractivity contribution is -0.166. The Kier molecular flexibility index (Phi) is 8.09. The summed E-state index contributed by atoms with van der Waals surface area (Å²) in [5.74, 6) is 0.583. The third-order valence-corrected chi connectivity index (χ3v) is 7.45. The van der Waals surface area contributed by atoms with E-state index in [-0.39, 0.29) is 42.5 Å². The fourth-order valence-corrected chi connectivity index (χ4v) is 5.49. The van der Waals surface area contributed by atoms with E-state index in [9.17, 15) is 4.79 Å². The second-order valence-corrected chi connectivity index (χ2v) is 10.2. The molecule has 3 aliphatic rings. The number of rotatable bonds is 11. The van der Waals surface area contributed by atoms with Crippen molar-refractivity contribution in [2.24, 2.45) is 5.92 Å². The van der Waals surface area contributed by atoms with Gasteiger partial charge in [-0.1, -0.05) is 17.7 Å². The van der Waals surface area contributed by atoms with Crippen molar-refractivity contribution in [2.45, 2.75) is 69.5 Å². The molecule has 8 heteroatoms. The van der Waals surface area contributed by atoms with Gasteiger partial charge in [-0.3, -0.25) is 0 Å². The molecule has 8 nitrogen and oxygen atoms in total. The van der Waals surface area contributed by atoms with Gasteiger partial charge in [0.2, 0.25) is 0 Å². The number of benzene rings is 1. The number of aliphatic hydroxyl groups is 1. The van der Waals surface area contributed by atoms with Gasteiger partial charge in [-0.05, 0) is 63.8 Å². The maximum atomic E-state index is 12.8. The lowest BCUT2D eigenvalue weighted by atomic mass is 9.68. The summed E-state index contributed by atoms with van der Waals surface area (Å²) in [5, 5.41) is 9.04. The molecule has 0 aromatic heterocycles. The van der Waals surface area contributed by atoms with Gasteiger partial charge in [-0.2, -0.15) is 0 Å². The average Bonchev–Trinajstić information content (AvgIpc) is 3.78. The molecule has 0 amide bonds. The minimum atomic E-state index is -0.440. The minimum absolute atomic E-state index is 0.0195. The molecule has 3 fully saturated rings. The molecule has 0 unspecified atom stereocenters. The molecule has 36 heavy (non-hydrogen) atoms. The van der Waals surface area contributed by atoms with Crippen LogP contribution in [0.25, 0.3) is 6.08 Å². The first-order valence-corrected chi connectivity index (χ1v) is 12.5. The van der Waals surface area contributed by atoms with E-state index in [1.807, 2.05) is 6.07 Å². The second-order valence-electron chi connectivity index (χ2n) is 10.2. The highest BCUT2D eigenvalue weighted by Crippen LogP contribution is 2.59. The number of epoxide rings is 2. The largest absolute Gasteiger partial charge is 0.493 e. The van der Waals surface area contributed by atoms with Gasteiger partial charge in [-0.15, -0.1) is 0 Å². The van der Waals surface area contributed by atoms with Gasteiger partial charge < -0.3 is 33.5 Å². The molecular weight excluding hydrogens is 464 g/mol. The number of hydrogen-bond donors (Lipinski definition) is 1. The summed E-state index contributed by atoms with van der Waals surface area (Å²) < 4.78 is 34.8. The van der Waals surface area contributed by atoms with Crippen LogP contribution in [0.15, 0.2) is 35.9 Å². The number of carbonyl (C=O) groups is 1. The Bertz CT molecular complexity index is 993. The molecule has 1 saturated carbocycles. The number of methoxy groups -OCH3 is 2. The van der Waals surface area contributed by atoms with E-state index in [2.05, 4.69) is 26.8 Å². The molecule has 198 valence electrons. The van der Waals surface area contributed by atoms with Gasteiger partial charge >= 0.3 is 5.97 Å². The van der Waals surface area contributed by atoms with Crippen LogP contribution in [0.4, 0.5) is 0 Å². The van der Waals surface area contributed by atoms with Gasteiger partial charge in [-0.25, -0.2) is 4.79 Å². The monoisotopic (exact) mass is 502 g/mol. The highest BCUT2D eigenvalue weighted by atomic mass is 16.6. The number of hydrogen-bond acceptors (Lipinski definition) is 8. The molecule has 0 bridgehead atoms. The van der Waals surface area contributed by atoms with Crippen LogP contribution < -0.4 is 9.47 Å². The highest BCUT2D eigenvalue weighted by Gasteiger charge is 2.72. The number of carbonyl (C=O) groups excluding carboxylic acids is 1. The summed E-state index contributed by atoms with van der Waals surface area (Å²) in [6.45, 7) is 7.02. The first-order valence-electron chi connectivity index (χ1n) is 12.5. The predicted molar refractivity (Wildman–Crippen MR) is 134 cm³/mol. The Morgan fingerprint density at radius 3 is 2.67 bits per heavy atom. The third kappa shape index (κ3) is 5.62. The number of allylic oxidation sites excluding steroid dienone is 1. The van der Waals surface area contributed by atoms with Crippen molar-refractivity contribution in [3.8, 4) is 11.5 Å². The van der Waals surface area contributed by atoms with Gasteiger partial charge in [0, 0.05) is 13.2 Å². The van der Waals surface area contributed by atoms with Gasteiger partial charge in [0.1, 0.15) is 30.0 Å². The van der Waals surface area contributed by atoms with Crippen LogP contribution in [0.1, 0.15) is 45.6 Å². The standard InChI is InChI=1S/C28H38O8/c1-18(2)6-10-23-27(3,36-23)26-25(32-5)21(12-13-28(26)17-34-28)35-24(30)11-8-19-7-9-20(31-4)22(16-19)33-15-14-29/h6-9,11,16,21,23,25-26,29H,10,12-15,17H2,1-5H3/b11-8+/t21-,23+,25-,26-,27-,28+/m1/s1. The van der Waals surface area contributed by atoms with Crippen molar-refractivity contribution in [1.29, 1.82) is 0 Å². The van der Waals surface area contributed by atoms with E-state index in [4.69, 9.17) is 33.5 Å². The molecule has 6 atom stereocenters. The molecule has 2 aliphatic heterocycles.